The van der Waals surface area contributed by atoms with Crippen LogP contribution in [0.5, 0.6) is 0 Å². The summed E-state index contributed by atoms with van der Waals surface area (Å²) in [4.78, 5) is 12.3. The number of guanidine groups is 1. The summed E-state index contributed by atoms with van der Waals surface area (Å²) < 4.78 is 0. The predicted octanol–water partition coefficient (Wildman–Crippen LogP) is 2.64. The molecular formula is C21H41N5. The summed E-state index contributed by atoms with van der Waals surface area (Å²) in [7, 11) is 1.95. The van der Waals surface area contributed by atoms with Gasteiger partial charge in [-0.2, -0.15) is 0 Å². The molecule has 5 nitrogen and oxygen atoms in total. The molecule has 0 aromatic heterocycles. The second kappa shape index (κ2) is 9.93. The first-order valence-electron chi connectivity index (χ1n) is 11.1. The summed E-state index contributed by atoms with van der Waals surface area (Å²) >= 11 is 0. The highest BCUT2D eigenvalue weighted by Gasteiger charge is 2.39. The predicted molar refractivity (Wildman–Crippen MR) is 111 cm³/mol. The molecule has 0 bridgehead atoms. The van der Waals surface area contributed by atoms with E-state index in [2.05, 4.69) is 31.9 Å². The van der Waals surface area contributed by atoms with Crippen LogP contribution in [0.15, 0.2) is 4.99 Å². The minimum Gasteiger partial charge on any atom is -0.356 e. The Kier molecular flexibility index (Phi) is 7.62. The SMILES string of the molecule is CCN1CCN(CCCCNC(=NC)N2CCC3(CCCCC3)C2)CC1. The van der Waals surface area contributed by atoms with Crippen LogP contribution in [-0.4, -0.2) is 86.6 Å². The Bertz CT molecular complexity index is 436. The highest BCUT2D eigenvalue weighted by Crippen LogP contribution is 2.43. The van der Waals surface area contributed by atoms with Gasteiger partial charge in [-0.15, -0.1) is 0 Å². The molecule has 0 unspecified atom stereocenters. The lowest BCUT2D eigenvalue weighted by molar-refractivity contribution is 0.136. The molecule has 0 atom stereocenters. The number of nitrogens with one attached hydrogen (secondary N) is 1. The lowest BCUT2D eigenvalue weighted by Crippen LogP contribution is -2.46. The van der Waals surface area contributed by atoms with Gasteiger partial charge in [-0.25, -0.2) is 0 Å². The van der Waals surface area contributed by atoms with Crippen LogP contribution in [0, 0.1) is 5.41 Å². The van der Waals surface area contributed by atoms with Crippen LogP contribution >= 0.6 is 0 Å². The Morgan fingerprint density at radius 1 is 0.923 bits per heavy atom. The van der Waals surface area contributed by atoms with Gasteiger partial charge in [0.25, 0.3) is 0 Å². The van der Waals surface area contributed by atoms with E-state index in [4.69, 9.17) is 0 Å². The van der Waals surface area contributed by atoms with Crippen LogP contribution < -0.4 is 5.32 Å². The molecule has 1 saturated carbocycles. The number of likely N-dealkylation sites (N-methyl/N-ethyl adjacent to an activating group) is 1. The summed E-state index contributed by atoms with van der Waals surface area (Å²) in [6.07, 6.45) is 11.1. The number of piperazine rings is 1. The molecular weight excluding hydrogens is 322 g/mol. The smallest absolute Gasteiger partial charge is 0.193 e. The fourth-order valence-corrected chi connectivity index (χ4v) is 5.15. The number of hydrogen-bond donors (Lipinski definition) is 1. The van der Waals surface area contributed by atoms with E-state index in [1.165, 1.54) is 104 Å². The van der Waals surface area contributed by atoms with E-state index >= 15 is 0 Å². The largest absolute Gasteiger partial charge is 0.356 e. The topological polar surface area (TPSA) is 34.1 Å². The monoisotopic (exact) mass is 363 g/mol. The van der Waals surface area contributed by atoms with Gasteiger partial charge >= 0.3 is 0 Å². The molecule has 3 aliphatic rings. The van der Waals surface area contributed by atoms with E-state index in [0.29, 0.717) is 5.41 Å². The van der Waals surface area contributed by atoms with Crippen molar-refractivity contribution < 1.29 is 0 Å². The molecule has 1 N–H and O–H groups in total. The summed E-state index contributed by atoms with van der Waals surface area (Å²) in [5.41, 5.74) is 0.608. The molecule has 3 rings (SSSR count). The van der Waals surface area contributed by atoms with Crippen molar-refractivity contribution >= 4 is 5.96 Å². The van der Waals surface area contributed by atoms with E-state index < -0.39 is 0 Å². The summed E-state index contributed by atoms with van der Waals surface area (Å²) in [6, 6.07) is 0. The number of rotatable bonds is 6. The molecule has 0 aromatic carbocycles. The van der Waals surface area contributed by atoms with Crippen LogP contribution in [0.1, 0.15) is 58.3 Å². The number of unbranched alkanes of at least 4 members (excludes halogenated alkanes) is 1. The van der Waals surface area contributed by atoms with Crippen molar-refractivity contribution in [3.8, 4) is 0 Å². The van der Waals surface area contributed by atoms with Gasteiger partial charge in [-0.05, 0) is 50.6 Å². The van der Waals surface area contributed by atoms with Crippen molar-refractivity contribution in [1.29, 1.82) is 0 Å². The van der Waals surface area contributed by atoms with Crippen molar-refractivity contribution in [2.24, 2.45) is 10.4 Å². The van der Waals surface area contributed by atoms with Crippen LogP contribution in [0.4, 0.5) is 0 Å². The molecule has 150 valence electrons. The zero-order chi connectivity index (χ0) is 18.2. The number of likely N-dealkylation sites (tertiary alicyclic amines) is 1. The van der Waals surface area contributed by atoms with E-state index in [9.17, 15) is 0 Å². The highest BCUT2D eigenvalue weighted by molar-refractivity contribution is 5.80. The Morgan fingerprint density at radius 2 is 1.65 bits per heavy atom. The number of aliphatic imine (C=N–C) groups is 1. The van der Waals surface area contributed by atoms with Gasteiger partial charge in [0.05, 0.1) is 0 Å². The van der Waals surface area contributed by atoms with E-state index in [0.717, 1.165) is 12.5 Å². The van der Waals surface area contributed by atoms with Gasteiger partial charge in [0.15, 0.2) is 5.96 Å². The first kappa shape index (κ1) is 19.9. The molecule has 3 fully saturated rings. The fourth-order valence-electron chi connectivity index (χ4n) is 5.15. The Hall–Kier alpha value is -0.810. The molecule has 0 aromatic rings. The zero-order valence-corrected chi connectivity index (χ0v) is 17.3. The second-order valence-electron chi connectivity index (χ2n) is 8.69. The third kappa shape index (κ3) is 5.35. The van der Waals surface area contributed by atoms with Gasteiger partial charge in [-0.3, -0.25) is 4.99 Å². The first-order valence-corrected chi connectivity index (χ1v) is 11.1. The Balaban J connectivity index is 1.30. The zero-order valence-electron chi connectivity index (χ0n) is 17.3. The molecule has 0 radical (unpaired) electrons. The molecule has 1 aliphatic carbocycles. The first-order chi connectivity index (χ1) is 12.7. The average molecular weight is 364 g/mol. The molecule has 2 aliphatic heterocycles. The van der Waals surface area contributed by atoms with Crippen molar-refractivity contribution in [2.45, 2.75) is 58.3 Å². The molecule has 2 saturated heterocycles. The van der Waals surface area contributed by atoms with Gasteiger partial charge in [0.1, 0.15) is 0 Å². The third-order valence-electron chi connectivity index (χ3n) is 6.96. The maximum absolute atomic E-state index is 4.57. The molecule has 1 spiro atoms. The second-order valence-corrected chi connectivity index (χ2v) is 8.69. The van der Waals surface area contributed by atoms with Crippen molar-refractivity contribution in [3.63, 3.8) is 0 Å². The van der Waals surface area contributed by atoms with E-state index in [1.807, 2.05) is 7.05 Å². The molecule has 2 heterocycles. The highest BCUT2D eigenvalue weighted by atomic mass is 15.3. The van der Waals surface area contributed by atoms with Gasteiger partial charge < -0.3 is 20.0 Å². The van der Waals surface area contributed by atoms with Crippen LogP contribution in [0.25, 0.3) is 0 Å². The summed E-state index contributed by atoms with van der Waals surface area (Å²) in [5.74, 6) is 1.14. The molecule has 26 heavy (non-hydrogen) atoms. The van der Waals surface area contributed by atoms with Crippen LogP contribution in [0.2, 0.25) is 0 Å². The van der Waals surface area contributed by atoms with Gasteiger partial charge in [-0.1, -0.05) is 26.2 Å². The quantitative estimate of drug-likeness (QED) is 0.447. The third-order valence-corrected chi connectivity index (χ3v) is 6.96. The maximum Gasteiger partial charge on any atom is 0.193 e. The average Bonchev–Trinajstić information content (AvgIpc) is 3.08. The minimum absolute atomic E-state index is 0.608. The Morgan fingerprint density at radius 3 is 2.35 bits per heavy atom. The maximum atomic E-state index is 4.57. The summed E-state index contributed by atoms with van der Waals surface area (Å²) in [6.45, 7) is 13.2. The summed E-state index contributed by atoms with van der Waals surface area (Å²) in [5, 5.41) is 3.64. The van der Waals surface area contributed by atoms with Gasteiger partial charge in [0.2, 0.25) is 0 Å². The van der Waals surface area contributed by atoms with Gasteiger partial charge in [0, 0.05) is 52.9 Å². The van der Waals surface area contributed by atoms with Crippen molar-refractivity contribution in [3.05, 3.63) is 0 Å². The number of nitrogens with zero attached hydrogens (tertiary/aromatic N) is 4. The normalized spacial score (nSPS) is 25.2. The van der Waals surface area contributed by atoms with E-state index in [-0.39, 0.29) is 0 Å². The molecule has 0 amide bonds. The minimum atomic E-state index is 0.608. The fraction of sp³-hybridized carbons (Fsp3) is 0.952. The van der Waals surface area contributed by atoms with Crippen LogP contribution in [0.3, 0.4) is 0 Å². The molecule has 5 heteroatoms. The van der Waals surface area contributed by atoms with Crippen molar-refractivity contribution in [1.82, 2.24) is 20.0 Å². The lowest BCUT2D eigenvalue weighted by atomic mass is 9.73. The lowest BCUT2D eigenvalue weighted by Gasteiger charge is -2.34. The Labute approximate surface area is 161 Å². The van der Waals surface area contributed by atoms with Crippen molar-refractivity contribution in [2.75, 3.05) is 66.0 Å². The van der Waals surface area contributed by atoms with E-state index in [1.54, 1.807) is 0 Å². The number of hydrogen-bond acceptors (Lipinski definition) is 3. The van der Waals surface area contributed by atoms with Crippen LogP contribution in [-0.2, 0) is 0 Å². The standard InChI is InChI=1S/C21H41N5/c1-3-24-15-17-25(18-16-24)13-8-7-12-23-20(22-2)26-14-11-21(19-26)9-5-4-6-10-21/h3-19H2,1-2H3,(H,22,23).